The van der Waals surface area contributed by atoms with Crippen LogP contribution in [0.15, 0.2) is 17.5 Å². The average molecular weight is 370 g/mol. The van der Waals surface area contributed by atoms with Crippen molar-refractivity contribution in [1.29, 1.82) is 0 Å². The number of aryl methyl sites for hydroxylation is 1. The van der Waals surface area contributed by atoms with Crippen LogP contribution in [0.2, 0.25) is 0 Å². The number of nitrogens with zero attached hydrogens (tertiary/aromatic N) is 1. The molecule has 0 radical (unpaired) electrons. The van der Waals surface area contributed by atoms with Crippen LogP contribution in [0.4, 0.5) is 0 Å². The number of aromatic nitrogens is 1. The highest BCUT2D eigenvalue weighted by atomic mass is 79.9. The molecule has 0 aliphatic carbocycles. The molecule has 3 rings (SSSR count). The maximum atomic E-state index is 6.11. The molecule has 2 aromatic heterocycles. The summed E-state index contributed by atoms with van der Waals surface area (Å²) in [4.78, 5) is 4.65. The average Bonchev–Trinajstić information content (AvgIpc) is 3.01. The molecule has 0 saturated heterocycles. The van der Waals surface area contributed by atoms with Crippen LogP contribution in [-0.4, -0.2) is 16.9 Å². The summed E-state index contributed by atoms with van der Waals surface area (Å²) < 4.78 is 8.55. The number of alkyl halides is 1. The largest absolute Gasteiger partial charge is 0.492 e. The summed E-state index contributed by atoms with van der Waals surface area (Å²) in [5, 5.41) is 5.32. The van der Waals surface area contributed by atoms with E-state index in [1.807, 2.05) is 0 Å². The Morgan fingerprint density at radius 1 is 1.40 bits per heavy atom. The lowest BCUT2D eigenvalue weighted by atomic mass is 9.98. The number of halogens is 1. The van der Waals surface area contributed by atoms with Gasteiger partial charge >= 0.3 is 0 Å². The zero-order valence-electron chi connectivity index (χ0n) is 11.7. The van der Waals surface area contributed by atoms with E-state index >= 15 is 0 Å². The smallest absolute Gasteiger partial charge is 0.129 e. The molecule has 0 unspecified atom stereocenters. The molecule has 0 fully saturated rings. The highest BCUT2D eigenvalue weighted by molar-refractivity contribution is 9.09. The van der Waals surface area contributed by atoms with Crippen molar-refractivity contribution in [3.8, 4) is 5.75 Å². The van der Waals surface area contributed by atoms with Gasteiger partial charge in [0, 0.05) is 22.2 Å². The molecule has 0 amide bonds. The zero-order chi connectivity index (χ0) is 14.3. The Hall–Kier alpha value is -0.650. The van der Waals surface area contributed by atoms with Gasteiger partial charge < -0.3 is 4.74 Å². The molecule has 0 bridgehead atoms. The fourth-order valence-electron chi connectivity index (χ4n) is 2.02. The Kier molecular flexibility index (Phi) is 3.77. The molecule has 2 heterocycles. The third-order valence-corrected chi connectivity index (χ3v) is 6.51. The topological polar surface area (TPSA) is 22.1 Å². The number of benzene rings is 1. The Balaban J connectivity index is 2.06. The van der Waals surface area contributed by atoms with Crippen molar-refractivity contribution < 1.29 is 4.74 Å². The molecule has 20 heavy (non-hydrogen) atoms. The molecular formula is C15H16BrNOS2. The number of fused-ring (bicyclic) bond motifs is 3. The van der Waals surface area contributed by atoms with Gasteiger partial charge in [-0.1, -0.05) is 29.8 Å². The summed E-state index contributed by atoms with van der Waals surface area (Å²) in [6.07, 6.45) is 0. The Bertz CT molecular complexity index is 760. The number of thiophene rings is 1. The van der Waals surface area contributed by atoms with Crippen LogP contribution in [0, 0.1) is 12.3 Å². The van der Waals surface area contributed by atoms with E-state index in [2.05, 4.69) is 59.2 Å². The molecule has 0 atom stereocenters. The fraction of sp³-hybridized carbons (Fsp3) is 0.400. The Morgan fingerprint density at radius 2 is 2.20 bits per heavy atom. The van der Waals surface area contributed by atoms with E-state index in [0.717, 1.165) is 21.6 Å². The summed E-state index contributed by atoms with van der Waals surface area (Å²) in [6, 6.07) is 4.27. The first-order valence-electron chi connectivity index (χ1n) is 6.46. The van der Waals surface area contributed by atoms with Gasteiger partial charge in [0.25, 0.3) is 0 Å². The standard InChI is InChI=1S/C15H16BrNOS2/c1-9-17-13-12(20-9)6-11(10-4-5-19-14(10)13)18-8-15(2,3)7-16/h4-6H,7-8H2,1-3H3. The van der Waals surface area contributed by atoms with Crippen LogP contribution in [0.5, 0.6) is 5.75 Å². The molecule has 106 valence electrons. The van der Waals surface area contributed by atoms with Crippen molar-refractivity contribution in [2.75, 3.05) is 11.9 Å². The molecule has 0 aliphatic rings. The molecular weight excluding hydrogens is 354 g/mol. The molecule has 0 saturated carbocycles. The Labute approximate surface area is 134 Å². The summed E-state index contributed by atoms with van der Waals surface area (Å²) in [6.45, 7) is 7.15. The second kappa shape index (κ2) is 5.28. The Morgan fingerprint density at radius 3 is 2.95 bits per heavy atom. The minimum Gasteiger partial charge on any atom is -0.492 e. The first-order chi connectivity index (χ1) is 9.50. The molecule has 0 aliphatic heterocycles. The van der Waals surface area contributed by atoms with Crippen LogP contribution >= 0.6 is 38.6 Å². The summed E-state index contributed by atoms with van der Waals surface area (Å²) in [5.41, 5.74) is 1.24. The summed E-state index contributed by atoms with van der Waals surface area (Å²) in [7, 11) is 0. The second-order valence-corrected chi connectivity index (χ2v) is 8.42. The highest BCUT2D eigenvalue weighted by Gasteiger charge is 2.19. The van der Waals surface area contributed by atoms with E-state index in [0.29, 0.717) is 6.61 Å². The van der Waals surface area contributed by atoms with Crippen LogP contribution in [-0.2, 0) is 0 Å². The molecule has 1 aromatic carbocycles. The van der Waals surface area contributed by atoms with Crippen molar-refractivity contribution in [1.82, 2.24) is 4.98 Å². The van der Waals surface area contributed by atoms with Crippen LogP contribution in [0.25, 0.3) is 20.3 Å². The third-order valence-electron chi connectivity index (χ3n) is 3.15. The lowest BCUT2D eigenvalue weighted by Crippen LogP contribution is -2.22. The first-order valence-corrected chi connectivity index (χ1v) is 9.28. The number of rotatable bonds is 4. The van der Waals surface area contributed by atoms with Gasteiger partial charge in [-0.15, -0.1) is 22.7 Å². The normalized spacial score (nSPS) is 12.4. The van der Waals surface area contributed by atoms with E-state index in [4.69, 9.17) is 4.74 Å². The molecule has 5 heteroatoms. The highest BCUT2D eigenvalue weighted by Crippen LogP contribution is 2.39. The van der Waals surface area contributed by atoms with Gasteiger partial charge in [-0.25, -0.2) is 4.98 Å². The number of hydrogen-bond acceptors (Lipinski definition) is 4. The van der Waals surface area contributed by atoms with Crippen molar-refractivity contribution in [2.24, 2.45) is 5.41 Å². The van der Waals surface area contributed by atoms with Crippen LogP contribution in [0.3, 0.4) is 0 Å². The number of thiazole rings is 1. The van der Waals surface area contributed by atoms with E-state index in [1.54, 1.807) is 22.7 Å². The van der Waals surface area contributed by atoms with E-state index in [-0.39, 0.29) is 5.41 Å². The first kappa shape index (κ1) is 14.3. The van der Waals surface area contributed by atoms with Crippen molar-refractivity contribution in [3.63, 3.8) is 0 Å². The van der Waals surface area contributed by atoms with Gasteiger partial charge in [-0.3, -0.25) is 0 Å². The number of ether oxygens (including phenoxy) is 1. The monoisotopic (exact) mass is 369 g/mol. The van der Waals surface area contributed by atoms with Crippen molar-refractivity contribution in [3.05, 3.63) is 22.5 Å². The predicted molar refractivity (Wildman–Crippen MR) is 92.8 cm³/mol. The molecule has 2 nitrogen and oxygen atoms in total. The molecule has 0 spiro atoms. The zero-order valence-corrected chi connectivity index (χ0v) is 14.9. The van der Waals surface area contributed by atoms with Crippen molar-refractivity contribution in [2.45, 2.75) is 20.8 Å². The van der Waals surface area contributed by atoms with Gasteiger partial charge in [0.1, 0.15) is 5.75 Å². The number of hydrogen-bond donors (Lipinski definition) is 0. The molecule has 3 aromatic rings. The molecule has 0 N–H and O–H groups in total. The van der Waals surface area contributed by atoms with E-state index in [1.165, 1.54) is 14.8 Å². The van der Waals surface area contributed by atoms with Crippen molar-refractivity contribution >= 4 is 58.9 Å². The quantitative estimate of drug-likeness (QED) is 0.556. The lowest BCUT2D eigenvalue weighted by molar-refractivity contribution is 0.205. The maximum Gasteiger partial charge on any atom is 0.129 e. The second-order valence-electron chi connectivity index (χ2n) is 5.70. The van der Waals surface area contributed by atoms with Gasteiger partial charge in [0.05, 0.1) is 26.5 Å². The van der Waals surface area contributed by atoms with Crippen LogP contribution < -0.4 is 4.74 Å². The van der Waals surface area contributed by atoms with Crippen LogP contribution in [0.1, 0.15) is 18.9 Å². The minimum absolute atomic E-state index is 0.126. The van der Waals surface area contributed by atoms with Gasteiger partial charge in [-0.2, -0.15) is 0 Å². The SMILES string of the molecule is Cc1nc2c(cc(OCC(C)(C)CBr)c3ccsc32)s1. The van der Waals surface area contributed by atoms with E-state index in [9.17, 15) is 0 Å². The lowest BCUT2D eigenvalue weighted by Gasteiger charge is -2.22. The summed E-state index contributed by atoms with van der Waals surface area (Å²) >= 11 is 7.01. The maximum absolute atomic E-state index is 6.11. The van der Waals surface area contributed by atoms with Gasteiger partial charge in [0.2, 0.25) is 0 Å². The predicted octanol–water partition coefficient (Wildman–Crippen LogP) is 5.62. The van der Waals surface area contributed by atoms with Gasteiger partial charge in [0.15, 0.2) is 0 Å². The van der Waals surface area contributed by atoms with E-state index < -0.39 is 0 Å². The third kappa shape index (κ3) is 2.59. The fourth-order valence-corrected chi connectivity index (χ4v) is 4.01. The minimum atomic E-state index is 0.126. The summed E-state index contributed by atoms with van der Waals surface area (Å²) in [5.74, 6) is 0.978. The van der Waals surface area contributed by atoms with Gasteiger partial charge in [-0.05, 0) is 18.4 Å².